The minimum atomic E-state index is -0.397. The van der Waals surface area contributed by atoms with Gasteiger partial charge < -0.3 is 14.8 Å². The summed E-state index contributed by atoms with van der Waals surface area (Å²) in [5.41, 5.74) is 0. The number of nitrogens with one attached hydrogen (secondary N) is 1. The van der Waals surface area contributed by atoms with Crippen LogP contribution >= 0.6 is 0 Å². The van der Waals surface area contributed by atoms with Gasteiger partial charge in [0.2, 0.25) is 0 Å². The van der Waals surface area contributed by atoms with Crippen LogP contribution in [0.3, 0.4) is 0 Å². The van der Waals surface area contributed by atoms with Crippen molar-refractivity contribution < 1.29 is 9.47 Å². The lowest BCUT2D eigenvalue weighted by atomic mass is 10.0. The lowest BCUT2D eigenvalue weighted by molar-refractivity contribution is -0.137. The molecule has 1 aliphatic rings. The third-order valence-corrected chi connectivity index (χ3v) is 4.01. The van der Waals surface area contributed by atoms with Gasteiger partial charge in [-0.25, -0.2) is 0 Å². The van der Waals surface area contributed by atoms with Gasteiger partial charge in [-0.3, -0.25) is 0 Å². The summed E-state index contributed by atoms with van der Waals surface area (Å²) < 4.78 is 11.5. The molecule has 3 nitrogen and oxygen atoms in total. The van der Waals surface area contributed by atoms with Crippen molar-refractivity contribution in [3.8, 4) is 0 Å². The van der Waals surface area contributed by atoms with Crippen molar-refractivity contribution in [1.82, 2.24) is 5.32 Å². The van der Waals surface area contributed by atoms with Crippen LogP contribution in [-0.4, -0.2) is 31.1 Å². The molecule has 0 saturated carbocycles. The molecule has 1 fully saturated rings. The highest BCUT2D eigenvalue weighted by atomic mass is 16.7. The molecule has 1 saturated heterocycles. The molecule has 0 aromatic carbocycles. The summed E-state index contributed by atoms with van der Waals surface area (Å²) in [6.07, 6.45) is 10.8. The summed E-state index contributed by atoms with van der Waals surface area (Å²) >= 11 is 0. The molecule has 20 heavy (non-hydrogen) atoms. The molecular formula is C17H35NO2. The highest BCUT2D eigenvalue weighted by Gasteiger charge is 2.32. The first-order valence-corrected chi connectivity index (χ1v) is 8.62. The molecule has 1 heterocycles. The Kier molecular flexibility index (Phi) is 8.74. The Morgan fingerprint density at radius 3 is 2.10 bits per heavy atom. The summed E-state index contributed by atoms with van der Waals surface area (Å²) in [5.74, 6) is -0.397. The van der Waals surface area contributed by atoms with Crippen molar-refractivity contribution in [1.29, 1.82) is 0 Å². The summed E-state index contributed by atoms with van der Waals surface area (Å²) in [4.78, 5) is 0. The highest BCUT2D eigenvalue weighted by molar-refractivity contribution is 4.76. The maximum absolute atomic E-state index is 5.87. The van der Waals surface area contributed by atoms with Crippen molar-refractivity contribution in [2.45, 2.75) is 97.0 Å². The van der Waals surface area contributed by atoms with Gasteiger partial charge in [-0.05, 0) is 26.7 Å². The first-order valence-electron chi connectivity index (χ1n) is 8.62. The van der Waals surface area contributed by atoms with Gasteiger partial charge in [0.1, 0.15) is 0 Å². The molecule has 3 heteroatoms. The maximum atomic E-state index is 5.87. The van der Waals surface area contributed by atoms with Gasteiger partial charge in [0.25, 0.3) is 0 Å². The van der Waals surface area contributed by atoms with Crippen molar-refractivity contribution in [2.24, 2.45) is 0 Å². The molecule has 1 atom stereocenters. The Balaban J connectivity index is 2.24. The van der Waals surface area contributed by atoms with Crippen molar-refractivity contribution in [2.75, 3.05) is 13.2 Å². The second-order valence-corrected chi connectivity index (χ2v) is 6.55. The Labute approximate surface area is 125 Å². The Morgan fingerprint density at radius 1 is 1.05 bits per heavy atom. The van der Waals surface area contributed by atoms with Crippen LogP contribution in [0.2, 0.25) is 0 Å². The molecule has 1 unspecified atom stereocenters. The summed E-state index contributed by atoms with van der Waals surface area (Å²) in [5, 5.41) is 3.71. The Bertz CT molecular complexity index is 233. The molecule has 1 aliphatic heterocycles. The van der Waals surface area contributed by atoms with E-state index in [-0.39, 0.29) is 6.10 Å². The molecule has 0 aromatic rings. The lowest BCUT2D eigenvalue weighted by Gasteiger charge is -2.22. The second kappa shape index (κ2) is 9.75. The van der Waals surface area contributed by atoms with E-state index in [1.165, 1.54) is 51.4 Å². The number of hydrogen-bond donors (Lipinski definition) is 1. The number of rotatable bonds is 11. The van der Waals surface area contributed by atoms with Gasteiger partial charge in [-0.2, -0.15) is 0 Å². The molecule has 0 aliphatic carbocycles. The van der Waals surface area contributed by atoms with E-state index >= 15 is 0 Å². The number of ether oxygens (including phenoxy) is 2. The first kappa shape index (κ1) is 17.9. The molecule has 120 valence electrons. The lowest BCUT2D eigenvalue weighted by Crippen LogP contribution is -2.37. The van der Waals surface area contributed by atoms with Crippen LogP contribution < -0.4 is 5.32 Å². The zero-order valence-corrected chi connectivity index (χ0v) is 14.0. The molecular weight excluding hydrogens is 250 g/mol. The summed E-state index contributed by atoms with van der Waals surface area (Å²) in [6, 6.07) is 0.653. The second-order valence-electron chi connectivity index (χ2n) is 6.55. The summed E-state index contributed by atoms with van der Waals surface area (Å²) in [6.45, 7) is 10.2. The third-order valence-electron chi connectivity index (χ3n) is 4.01. The zero-order chi connectivity index (χ0) is 14.8. The van der Waals surface area contributed by atoms with Gasteiger partial charge in [0, 0.05) is 12.6 Å². The van der Waals surface area contributed by atoms with Gasteiger partial charge in [-0.15, -0.1) is 0 Å². The smallest absolute Gasteiger partial charge is 0.163 e. The standard InChI is InChI=1S/C17H35NO2/c1-5-7-9-11-15(12-10-8-6-2)18-13-16-14-19-17(3,4)20-16/h15-16,18H,5-14H2,1-4H3. The fraction of sp³-hybridized carbons (Fsp3) is 1.00. The van der Waals surface area contributed by atoms with E-state index in [1.807, 2.05) is 13.8 Å². The fourth-order valence-electron chi connectivity index (χ4n) is 2.79. The molecule has 0 amide bonds. The maximum Gasteiger partial charge on any atom is 0.163 e. The summed E-state index contributed by atoms with van der Waals surface area (Å²) in [7, 11) is 0. The van der Waals surface area contributed by atoms with Gasteiger partial charge in [0.15, 0.2) is 5.79 Å². The number of unbranched alkanes of at least 4 members (excludes halogenated alkanes) is 4. The van der Waals surface area contributed by atoms with Crippen LogP contribution in [0.25, 0.3) is 0 Å². The molecule has 0 aromatic heterocycles. The molecule has 1 rings (SSSR count). The Hall–Kier alpha value is -0.120. The van der Waals surface area contributed by atoms with Crippen LogP contribution in [0.4, 0.5) is 0 Å². The first-order chi connectivity index (χ1) is 9.57. The van der Waals surface area contributed by atoms with E-state index < -0.39 is 5.79 Å². The van der Waals surface area contributed by atoms with E-state index in [0.29, 0.717) is 6.04 Å². The number of hydrogen-bond acceptors (Lipinski definition) is 3. The van der Waals surface area contributed by atoms with Gasteiger partial charge >= 0.3 is 0 Å². The quantitative estimate of drug-likeness (QED) is 0.575. The molecule has 0 spiro atoms. The SMILES string of the molecule is CCCCCC(CCCCC)NCC1COC(C)(C)O1. The predicted octanol–water partition coefficient (Wildman–Crippen LogP) is 4.26. The zero-order valence-electron chi connectivity index (χ0n) is 14.0. The minimum absolute atomic E-state index is 0.213. The average Bonchev–Trinajstić information content (AvgIpc) is 2.75. The third kappa shape index (κ3) is 7.61. The van der Waals surface area contributed by atoms with Crippen LogP contribution in [0.15, 0.2) is 0 Å². The largest absolute Gasteiger partial charge is 0.348 e. The monoisotopic (exact) mass is 285 g/mol. The van der Waals surface area contributed by atoms with Crippen LogP contribution in [-0.2, 0) is 9.47 Å². The minimum Gasteiger partial charge on any atom is -0.348 e. The molecule has 0 bridgehead atoms. The molecule has 0 radical (unpaired) electrons. The van der Waals surface area contributed by atoms with Crippen LogP contribution in [0.5, 0.6) is 0 Å². The van der Waals surface area contributed by atoms with Gasteiger partial charge in [0.05, 0.1) is 12.7 Å². The van der Waals surface area contributed by atoms with Gasteiger partial charge in [-0.1, -0.05) is 52.4 Å². The van der Waals surface area contributed by atoms with E-state index in [2.05, 4.69) is 19.2 Å². The fourth-order valence-corrected chi connectivity index (χ4v) is 2.79. The van der Waals surface area contributed by atoms with E-state index in [4.69, 9.17) is 9.47 Å². The van der Waals surface area contributed by atoms with Crippen molar-refractivity contribution in [3.63, 3.8) is 0 Å². The van der Waals surface area contributed by atoms with Crippen LogP contribution in [0.1, 0.15) is 79.1 Å². The van der Waals surface area contributed by atoms with E-state index in [1.54, 1.807) is 0 Å². The van der Waals surface area contributed by atoms with Crippen molar-refractivity contribution >= 4 is 0 Å². The Morgan fingerprint density at radius 2 is 1.65 bits per heavy atom. The van der Waals surface area contributed by atoms with Crippen molar-refractivity contribution in [3.05, 3.63) is 0 Å². The van der Waals surface area contributed by atoms with E-state index in [9.17, 15) is 0 Å². The average molecular weight is 285 g/mol. The van der Waals surface area contributed by atoms with Crippen LogP contribution in [0, 0.1) is 0 Å². The topological polar surface area (TPSA) is 30.5 Å². The molecule has 1 N–H and O–H groups in total. The highest BCUT2D eigenvalue weighted by Crippen LogP contribution is 2.22. The van der Waals surface area contributed by atoms with E-state index in [0.717, 1.165) is 13.2 Å². The normalized spacial score (nSPS) is 21.8. The predicted molar refractivity (Wildman–Crippen MR) is 85.0 cm³/mol.